The van der Waals surface area contributed by atoms with Crippen molar-refractivity contribution in [2.24, 2.45) is 23.3 Å². The molecule has 0 spiro atoms. The second kappa shape index (κ2) is 32.8. The number of amides is 10. The van der Waals surface area contributed by atoms with Crippen molar-refractivity contribution in [1.29, 1.82) is 0 Å². The van der Waals surface area contributed by atoms with Crippen LogP contribution in [-0.4, -0.2) is 169 Å². The summed E-state index contributed by atoms with van der Waals surface area (Å²) < 4.78 is 0. The predicted molar refractivity (Wildman–Crippen MR) is 311 cm³/mol. The number of primary amides is 1. The van der Waals surface area contributed by atoms with Gasteiger partial charge in [0, 0.05) is 79.2 Å². The summed E-state index contributed by atoms with van der Waals surface area (Å²) in [6, 6.07) is 7.13. The first-order chi connectivity index (χ1) is 39.7. The van der Waals surface area contributed by atoms with Gasteiger partial charge in [0.2, 0.25) is 59.6 Å². The van der Waals surface area contributed by atoms with Gasteiger partial charge < -0.3 is 73.9 Å². The summed E-state index contributed by atoms with van der Waals surface area (Å²) in [5, 5.41) is 22.4. The summed E-state index contributed by atoms with van der Waals surface area (Å²) in [7, 11) is 0. The van der Waals surface area contributed by atoms with Crippen molar-refractivity contribution in [2.45, 2.75) is 121 Å². The molecule has 0 bridgehead atoms. The van der Waals surface area contributed by atoms with Gasteiger partial charge in [-0.15, -0.1) is 0 Å². The topological polar surface area (TPSA) is 395 Å². The third-order valence-corrected chi connectivity index (χ3v) is 14.2. The van der Waals surface area contributed by atoms with Gasteiger partial charge in [0.05, 0.1) is 25.7 Å². The number of carbonyl (C=O) groups excluding carboxylic acids is 10. The molecule has 0 saturated carbocycles. The fourth-order valence-electron chi connectivity index (χ4n) is 9.20. The van der Waals surface area contributed by atoms with Crippen molar-refractivity contribution in [3.05, 3.63) is 108 Å². The SMILES string of the molecule is CSCCC(C(N)=O)N(C=O)CC(CC(C)C)NC(=O)[C@H](Cc1cnc[nH]1)NC(=O)CNC(=O)[C@@H](NC(=O)[C@H](C)NC(=O)[C@H](Cc1c[nH]c2ccccc12)NC(=O)[C@H](Cc1cnc[nH]1)NC(=O)[C@@H](Cc1ccccc1)NC(=O)CN)C(C)C. The van der Waals surface area contributed by atoms with Crippen molar-refractivity contribution in [3.8, 4) is 0 Å². The van der Waals surface area contributed by atoms with Crippen LogP contribution in [0, 0.1) is 11.8 Å². The lowest BCUT2D eigenvalue weighted by Gasteiger charge is -2.32. The highest BCUT2D eigenvalue weighted by atomic mass is 32.2. The Hall–Kier alpha value is -8.59. The molecule has 0 saturated heterocycles. The maximum Gasteiger partial charge on any atom is 0.243 e. The standard InChI is InChI=1S/C56H78N16O10S/c1-32(2)18-39(28-72(31-73)46(50(58)76)16-17-83-6)66-53(79)44(21-37-25-59-29-63-37)68-48(75)27-62-56(82)49(33(3)4)71-51(77)34(5)65-52(78)43(20-36-24-61-41-15-11-10-14-40(36)41)69-55(81)45(22-38-26-60-30-64-38)70-54(80)42(67-47(74)23-57)19-35-12-8-7-9-13-35/h7-15,24-26,29-34,39,42-46,49,61H,16-23,27-28,57H2,1-6H3,(H2,58,76)(H,59,63)(H,60,64)(H,62,82)(H,65,78)(H,66,79)(H,67,74)(H,68,75)(H,69,81)(H,70,80)(H,71,77)/t34-,39?,42+,43-,44-,45-,46?,49-/m0/s1. The second-order valence-corrected chi connectivity index (χ2v) is 21.9. The van der Waals surface area contributed by atoms with E-state index in [2.05, 4.69) is 67.5 Å². The lowest BCUT2D eigenvalue weighted by atomic mass is 10.0. The summed E-state index contributed by atoms with van der Waals surface area (Å²) >= 11 is 1.49. The number of fused-ring (bicyclic) bond motifs is 1. The second-order valence-electron chi connectivity index (χ2n) is 20.9. The van der Waals surface area contributed by atoms with Crippen LogP contribution in [0.15, 0.2) is 85.8 Å². The van der Waals surface area contributed by atoms with Crippen molar-refractivity contribution in [1.82, 2.24) is 72.4 Å². The summed E-state index contributed by atoms with van der Waals surface area (Å²) in [5.74, 6) is -6.40. The van der Waals surface area contributed by atoms with Crippen LogP contribution in [0.1, 0.15) is 70.0 Å². The zero-order valence-corrected chi connectivity index (χ0v) is 48.3. The monoisotopic (exact) mass is 1170 g/mol. The van der Waals surface area contributed by atoms with Gasteiger partial charge >= 0.3 is 0 Å². The first-order valence-corrected chi connectivity index (χ1v) is 28.7. The van der Waals surface area contributed by atoms with Gasteiger partial charge in [0.25, 0.3) is 0 Å². The van der Waals surface area contributed by atoms with E-state index < -0.39 is 121 Å². The third kappa shape index (κ3) is 20.7. The van der Waals surface area contributed by atoms with E-state index >= 15 is 0 Å². The highest BCUT2D eigenvalue weighted by Crippen LogP contribution is 2.20. The van der Waals surface area contributed by atoms with Crippen LogP contribution in [-0.2, 0) is 73.6 Å². The molecule has 2 aromatic carbocycles. The number of nitrogens with two attached hydrogens (primary N) is 2. The number of hydrogen-bond acceptors (Lipinski definition) is 14. The Morgan fingerprint density at radius 2 is 1.22 bits per heavy atom. The molecule has 8 atom stereocenters. The Labute approximate surface area is 485 Å². The Kier molecular flexibility index (Phi) is 25.7. The molecule has 0 aliphatic rings. The fraction of sp³-hybridized carbons (Fsp3) is 0.464. The normalized spacial score (nSPS) is 14.1. The molecule has 83 heavy (non-hydrogen) atoms. The quantitative estimate of drug-likeness (QED) is 0.0220. The molecule has 5 aromatic rings. The molecule has 0 fully saturated rings. The lowest BCUT2D eigenvalue weighted by Crippen LogP contribution is -2.60. The van der Waals surface area contributed by atoms with Crippen LogP contribution in [0.25, 0.3) is 10.9 Å². The number of thioether (sulfide) groups is 1. The van der Waals surface area contributed by atoms with Crippen LogP contribution in [0.5, 0.6) is 0 Å². The molecular weight excluding hydrogens is 1090 g/mol. The summed E-state index contributed by atoms with van der Waals surface area (Å²) in [6.45, 7) is 7.52. The largest absolute Gasteiger partial charge is 0.368 e. The molecule has 10 amide bonds. The number of nitrogens with zero attached hydrogens (tertiary/aromatic N) is 3. The van der Waals surface area contributed by atoms with Crippen LogP contribution in [0.3, 0.4) is 0 Å². The molecule has 3 heterocycles. The van der Waals surface area contributed by atoms with Gasteiger partial charge in [-0.3, -0.25) is 47.9 Å². The van der Waals surface area contributed by atoms with E-state index in [9.17, 15) is 47.9 Å². The number of para-hydroxylation sites is 1. The summed E-state index contributed by atoms with van der Waals surface area (Å²) in [5.41, 5.74) is 14.4. The highest BCUT2D eigenvalue weighted by Gasteiger charge is 2.34. The van der Waals surface area contributed by atoms with Gasteiger partial charge in [-0.05, 0) is 60.8 Å². The first kappa shape index (κ1) is 65.2. The minimum atomic E-state index is -1.35. The molecule has 26 nitrogen and oxygen atoms in total. The average molecular weight is 1170 g/mol. The molecule has 5 rings (SSSR count). The maximum absolute atomic E-state index is 14.5. The van der Waals surface area contributed by atoms with Crippen molar-refractivity contribution in [3.63, 3.8) is 0 Å². The van der Waals surface area contributed by atoms with E-state index in [4.69, 9.17) is 11.5 Å². The molecule has 27 heteroatoms. The smallest absolute Gasteiger partial charge is 0.243 e. The van der Waals surface area contributed by atoms with Gasteiger partial charge in [-0.25, -0.2) is 9.97 Å². The van der Waals surface area contributed by atoms with E-state index in [1.807, 2.05) is 44.4 Å². The molecule has 2 unspecified atom stereocenters. The number of carbonyl (C=O) groups is 10. The summed E-state index contributed by atoms with van der Waals surface area (Å²) in [4.78, 5) is 154. The van der Waals surface area contributed by atoms with Crippen LogP contribution < -0.4 is 54.0 Å². The van der Waals surface area contributed by atoms with E-state index in [0.29, 0.717) is 42.0 Å². The molecule has 15 N–H and O–H groups in total. The minimum absolute atomic E-state index is 0.0333. The van der Waals surface area contributed by atoms with Crippen LogP contribution >= 0.6 is 11.8 Å². The number of benzene rings is 2. The number of nitrogens with one attached hydrogen (secondary N) is 11. The molecular formula is C56H78N16O10S. The summed E-state index contributed by atoms with van der Waals surface area (Å²) in [6.07, 6.45) is 10.4. The zero-order valence-electron chi connectivity index (χ0n) is 47.5. The van der Waals surface area contributed by atoms with Crippen LogP contribution in [0.2, 0.25) is 0 Å². The van der Waals surface area contributed by atoms with Crippen molar-refractivity contribution < 1.29 is 47.9 Å². The first-order valence-electron chi connectivity index (χ1n) is 27.3. The lowest BCUT2D eigenvalue weighted by molar-refractivity contribution is -0.135. The van der Waals surface area contributed by atoms with Crippen molar-refractivity contribution in [2.75, 3.05) is 31.6 Å². The zero-order chi connectivity index (χ0) is 60.6. The predicted octanol–water partition coefficient (Wildman–Crippen LogP) is -0.859. The average Bonchev–Trinajstić information content (AvgIpc) is 4.27. The fourth-order valence-corrected chi connectivity index (χ4v) is 9.66. The van der Waals surface area contributed by atoms with E-state index in [-0.39, 0.29) is 38.1 Å². The minimum Gasteiger partial charge on any atom is -0.368 e. The highest BCUT2D eigenvalue weighted by molar-refractivity contribution is 7.98. The van der Waals surface area contributed by atoms with Gasteiger partial charge in [-0.1, -0.05) is 76.2 Å². The van der Waals surface area contributed by atoms with Gasteiger partial charge in [-0.2, -0.15) is 11.8 Å². The van der Waals surface area contributed by atoms with Gasteiger partial charge in [0.1, 0.15) is 42.3 Å². The van der Waals surface area contributed by atoms with Crippen LogP contribution in [0.4, 0.5) is 0 Å². The number of H-pyrrole nitrogens is 3. The number of aromatic nitrogens is 5. The molecule has 0 radical (unpaired) electrons. The number of aromatic amines is 3. The van der Waals surface area contributed by atoms with Gasteiger partial charge in [0.15, 0.2) is 0 Å². The Bertz CT molecular complexity index is 2940. The van der Waals surface area contributed by atoms with Crippen molar-refractivity contribution >= 4 is 82.2 Å². The van der Waals surface area contributed by atoms with E-state index in [1.54, 1.807) is 50.4 Å². The molecule has 3 aromatic heterocycles. The number of hydrogen-bond donors (Lipinski definition) is 13. The Balaban J connectivity index is 1.28. The maximum atomic E-state index is 14.5. The third-order valence-electron chi connectivity index (χ3n) is 13.5. The molecule has 0 aliphatic carbocycles. The molecule has 448 valence electrons. The van der Waals surface area contributed by atoms with E-state index in [0.717, 1.165) is 16.5 Å². The Morgan fingerprint density at radius 3 is 1.78 bits per heavy atom. The number of imidazole rings is 2. The Morgan fingerprint density at radius 1 is 0.651 bits per heavy atom. The van der Waals surface area contributed by atoms with E-state index in [1.165, 1.54) is 48.6 Å². The number of rotatable bonds is 35. The molecule has 0 aliphatic heterocycles.